The number of amides is 1. The van der Waals surface area contributed by atoms with Crippen molar-refractivity contribution in [3.63, 3.8) is 0 Å². The summed E-state index contributed by atoms with van der Waals surface area (Å²) >= 11 is 0. The summed E-state index contributed by atoms with van der Waals surface area (Å²) in [5, 5.41) is 2.92. The summed E-state index contributed by atoms with van der Waals surface area (Å²) in [7, 11) is 0. The summed E-state index contributed by atoms with van der Waals surface area (Å²) in [6.45, 7) is 6.20. The lowest BCUT2D eigenvalue weighted by molar-refractivity contribution is 0.0342. The van der Waals surface area contributed by atoms with Gasteiger partial charge in [0.05, 0.1) is 19.4 Å². The Morgan fingerprint density at radius 3 is 2.94 bits per heavy atom. The summed E-state index contributed by atoms with van der Waals surface area (Å²) < 4.78 is 5.28. The topological polar surface area (TPSA) is 67.3 Å². The van der Waals surface area contributed by atoms with Gasteiger partial charge in [-0.05, 0) is 6.92 Å². The van der Waals surface area contributed by atoms with E-state index in [9.17, 15) is 4.79 Å². The van der Waals surface area contributed by atoms with Crippen LogP contribution in [0.1, 0.15) is 17.4 Å². The predicted molar refractivity (Wildman–Crippen MR) is 66.2 cm³/mol. The average Bonchev–Trinajstić information content (AvgIpc) is 2.40. The van der Waals surface area contributed by atoms with Crippen LogP contribution in [0.15, 0.2) is 18.6 Å². The molecule has 0 bridgehead atoms. The molecule has 6 nitrogen and oxygen atoms in total. The Balaban J connectivity index is 1.80. The van der Waals surface area contributed by atoms with Crippen molar-refractivity contribution in [3.05, 3.63) is 24.3 Å². The van der Waals surface area contributed by atoms with Crippen molar-refractivity contribution < 1.29 is 9.53 Å². The number of hydrogen-bond acceptors (Lipinski definition) is 5. The van der Waals surface area contributed by atoms with Crippen molar-refractivity contribution in [1.82, 2.24) is 20.2 Å². The number of nitrogens with zero attached hydrogens (tertiary/aromatic N) is 3. The van der Waals surface area contributed by atoms with Crippen LogP contribution >= 0.6 is 0 Å². The minimum absolute atomic E-state index is 0.0811. The smallest absolute Gasteiger partial charge is 0.271 e. The summed E-state index contributed by atoms with van der Waals surface area (Å²) in [5.74, 6) is -0.177. The largest absolute Gasteiger partial charge is 0.379 e. The molecule has 0 spiro atoms. The first-order valence-corrected chi connectivity index (χ1v) is 6.12. The number of carbonyl (C=O) groups is 1. The van der Waals surface area contributed by atoms with Gasteiger partial charge in [-0.15, -0.1) is 0 Å². The molecule has 2 heterocycles. The van der Waals surface area contributed by atoms with E-state index < -0.39 is 0 Å². The zero-order chi connectivity index (χ0) is 12.8. The number of hydrogen-bond donors (Lipinski definition) is 1. The minimum Gasteiger partial charge on any atom is -0.379 e. The Labute approximate surface area is 106 Å². The van der Waals surface area contributed by atoms with E-state index in [2.05, 4.69) is 20.2 Å². The van der Waals surface area contributed by atoms with Crippen LogP contribution in [0.3, 0.4) is 0 Å². The summed E-state index contributed by atoms with van der Waals surface area (Å²) in [5.41, 5.74) is 0.353. The van der Waals surface area contributed by atoms with Gasteiger partial charge < -0.3 is 10.1 Å². The van der Waals surface area contributed by atoms with Gasteiger partial charge in [0.25, 0.3) is 5.91 Å². The molecule has 0 aromatic carbocycles. The molecule has 0 saturated carbocycles. The molecular formula is C12H18N4O2. The third kappa shape index (κ3) is 3.75. The SMILES string of the molecule is CC(CN1CCOCC1)NC(=O)c1cnccn1. The molecule has 2 rings (SSSR count). The molecule has 6 heteroatoms. The summed E-state index contributed by atoms with van der Waals surface area (Å²) in [6, 6.07) is 0.0811. The number of carbonyl (C=O) groups excluding carboxylic acids is 1. The van der Waals surface area contributed by atoms with Gasteiger partial charge in [0.15, 0.2) is 0 Å². The fraction of sp³-hybridized carbons (Fsp3) is 0.583. The first-order valence-electron chi connectivity index (χ1n) is 6.12. The second-order valence-corrected chi connectivity index (χ2v) is 4.38. The molecule has 1 aliphatic rings. The molecule has 0 aliphatic carbocycles. The molecule has 1 saturated heterocycles. The first kappa shape index (κ1) is 12.9. The maximum absolute atomic E-state index is 11.8. The Morgan fingerprint density at radius 1 is 1.50 bits per heavy atom. The van der Waals surface area contributed by atoms with Gasteiger partial charge in [-0.3, -0.25) is 14.7 Å². The zero-order valence-electron chi connectivity index (χ0n) is 10.5. The molecule has 18 heavy (non-hydrogen) atoms. The second kappa shape index (κ2) is 6.42. The van der Waals surface area contributed by atoms with Crippen LogP contribution < -0.4 is 5.32 Å². The molecule has 1 aromatic rings. The van der Waals surface area contributed by atoms with Crippen LogP contribution in [-0.4, -0.2) is 59.7 Å². The molecule has 1 fully saturated rings. The van der Waals surface area contributed by atoms with Crippen molar-refractivity contribution in [1.29, 1.82) is 0 Å². The van der Waals surface area contributed by atoms with E-state index >= 15 is 0 Å². The Bertz CT molecular complexity index is 379. The number of aromatic nitrogens is 2. The maximum Gasteiger partial charge on any atom is 0.271 e. The fourth-order valence-corrected chi connectivity index (χ4v) is 1.93. The Kier molecular flexibility index (Phi) is 4.60. The standard InChI is InChI=1S/C12H18N4O2/c1-10(9-16-4-6-18-7-5-16)15-12(17)11-8-13-2-3-14-11/h2-3,8,10H,4-7,9H2,1H3,(H,15,17). The van der Waals surface area contributed by atoms with Crippen molar-refractivity contribution in [2.75, 3.05) is 32.8 Å². The van der Waals surface area contributed by atoms with E-state index in [0.29, 0.717) is 5.69 Å². The van der Waals surface area contributed by atoms with Gasteiger partial charge in [0.2, 0.25) is 0 Å². The summed E-state index contributed by atoms with van der Waals surface area (Å²) in [4.78, 5) is 22.0. The number of morpholine rings is 1. The predicted octanol–water partition coefficient (Wildman–Crippen LogP) is -0.0729. The molecule has 1 atom stereocenters. The first-order chi connectivity index (χ1) is 8.75. The molecule has 98 valence electrons. The molecular weight excluding hydrogens is 232 g/mol. The second-order valence-electron chi connectivity index (χ2n) is 4.38. The van der Waals surface area contributed by atoms with E-state index in [4.69, 9.17) is 4.74 Å². The van der Waals surface area contributed by atoms with Gasteiger partial charge in [-0.25, -0.2) is 4.98 Å². The zero-order valence-corrected chi connectivity index (χ0v) is 10.5. The van der Waals surface area contributed by atoms with Gasteiger partial charge in [-0.2, -0.15) is 0 Å². The minimum atomic E-state index is -0.177. The van der Waals surface area contributed by atoms with Crippen molar-refractivity contribution in [2.45, 2.75) is 13.0 Å². The van der Waals surface area contributed by atoms with Crippen molar-refractivity contribution in [3.8, 4) is 0 Å². The van der Waals surface area contributed by atoms with E-state index in [0.717, 1.165) is 32.8 Å². The molecule has 1 amide bonds. The van der Waals surface area contributed by atoms with Crippen LogP contribution in [0.4, 0.5) is 0 Å². The fourth-order valence-electron chi connectivity index (χ4n) is 1.93. The lowest BCUT2D eigenvalue weighted by Crippen LogP contribution is -2.46. The highest BCUT2D eigenvalue weighted by atomic mass is 16.5. The van der Waals surface area contributed by atoms with E-state index in [1.165, 1.54) is 12.4 Å². The number of rotatable bonds is 4. The van der Waals surface area contributed by atoms with Crippen LogP contribution in [0.2, 0.25) is 0 Å². The lowest BCUT2D eigenvalue weighted by Gasteiger charge is -2.29. The third-order valence-electron chi connectivity index (χ3n) is 2.81. The normalized spacial score (nSPS) is 18.3. The molecule has 1 aliphatic heterocycles. The quantitative estimate of drug-likeness (QED) is 0.810. The van der Waals surface area contributed by atoms with Gasteiger partial charge in [-0.1, -0.05) is 0 Å². The molecule has 0 radical (unpaired) electrons. The highest BCUT2D eigenvalue weighted by Crippen LogP contribution is 1.99. The maximum atomic E-state index is 11.8. The third-order valence-corrected chi connectivity index (χ3v) is 2.81. The number of nitrogens with one attached hydrogen (secondary N) is 1. The Morgan fingerprint density at radius 2 is 2.28 bits per heavy atom. The lowest BCUT2D eigenvalue weighted by atomic mass is 10.2. The molecule has 1 aromatic heterocycles. The van der Waals surface area contributed by atoms with Crippen molar-refractivity contribution >= 4 is 5.91 Å². The van der Waals surface area contributed by atoms with Gasteiger partial charge in [0.1, 0.15) is 5.69 Å². The molecule has 1 unspecified atom stereocenters. The monoisotopic (exact) mass is 250 g/mol. The van der Waals surface area contributed by atoms with Crippen LogP contribution in [0.25, 0.3) is 0 Å². The van der Waals surface area contributed by atoms with Crippen molar-refractivity contribution in [2.24, 2.45) is 0 Å². The van der Waals surface area contributed by atoms with Crippen LogP contribution in [0.5, 0.6) is 0 Å². The molecule has 1 N–H and O–H groups in total. The van der Waals surface area contributed by atoms with E-state index in [1.807, 2.05) is 6.92 Å². The van der Waals surface area contributed by atoms with Crippen LogP contribution in [0, 0.1) is 0 Å². The van der Waals surface area contributed by atoms with E-state index in [-0.39, 0.29) is 11.9 Å². The number of ether oxygens (including phenoxy) is 1. The van der Waals surface area contributed by atoms with Crippen LogP contribution in [-0.2, 0) is 4.74 Å². The Hall–Kier alpha value is -1.53. The van der Waals surface area contributed by atoms with Gasteiger partial charge in [0, 0.05) is 38.1 Å². The highest BCUT2D eigenvalue weighted by molar-refractivity contribution is 5.92. The summed E-state index contributed by atoms with van der Waals surface area (Å²) in [6.07, 6.45) is 4.53. The highest BCUT2D eigenvalue weighted by Gasteiger charge is 2.16. The van der Waals surface area contributed by atoms with Gasteiger partial charge >= 0.3 is 0 Å². The average molecular weight is 250 g/mol. The van der Waals surface area contributed by atoms with E-state index in [1.54, 1.807) is 6.20 Å².